The van der Waals surface area contributed by atoms with Crippen LogP contribution >= 0.6 is 0 Å². The highest BCUT2D eigenvalue weighted by molar-refractivity contribution is 5.92. The summed E-state index contributed by atoms with van der Waals surface area (Å²) in [6.45, 7) is 0. The number of carbonyl (C=O) groups is 1. The van der Waals surface area contributed by atoms with Crippen LogP contribution in [-0.4, -0.2) is 36.6 Å². The average molecular weight is 462 g/mol. The van der Waals surface area contributed by atoms with Crippen LogP contribution in [0.3, 0.4) is 0 Å². The third kappa shape index (κ3) is 3.57. The summed E-state index contributed by atoms with van der Waals surface area (Å²) in [6, 6.07) is 10.8. The molecule has 170 valence electrons. The maximum atomic E-state index is 14.4. The fourth-order valence-corrected chi connectivity index (χ4v) is 4.21. The molecule has 0 saturated heterocycles. The molecule has 0 amide bonds. The summed E-state index contributed by atoms with van der Waals surface area (Å²) in [5.74, 6) is -4.06. The molecule has 0 unspecified atom stereocenters. The maximum absolute atomic E-state index is 14.4. The van der Waals surface area contributed by atoms with Crippen LogP contribution < -0.4 is 5.32 Å². The lowest BCUT2D eigenvalue weighted by Crippen LogP contribution is -2.41. The summed E-state index contributed by atoms with van der Waals surface area (Å²) in [5.41, 5.74) is 2.13. The van der Waals surface area contributed by atoms with Crippen molar-refractivity contribution in [3.63, 3.8) is 0 Å². The van der Waals surface area contributed by atoms with Crippen LogP contribution in [0.25, 0.3) is 33.1 Å². The predicted molar refractivity (Wildman–Crippen MR) is 121 cm³/mol. The predicted octanol–water partition coefficient (Wildman–Crippen LogP) is 5.54. The van der Waals surface area contributed by atoms with Gasteiger partial charge in [0, 0.05) is 47.3 Å². The van der Waals surface area contributed by atoms with E-state index in [9.17, 15) is 18.0 Å². The Hall–Kier alpha value is -4.21. The van der Waals surface area contributed by atoms with E-state index in [0.29, 0.717) is 17.1 Å². The number of anilines is 2. The molecule has 6 rings (SSSR count). The van der Waals surface area contributed by atoms with Crippen LogP contribution in [0.4, 0.5) is 24.7 Å². The smallest absolute Gasteiger partial charge is 0.249 e. The van der Waals surface area contributed by atoms with Crippen LogP contribution in [0, 0.1) is 11.7 Å². The Labute approximate surface area is 190 Å². The average Bonchev–Trinajstić information content (AvgIpc) is 3.44. The number of aromatic nitrogens is 5. The van der Waals surface area contributed by atoms with Crippen LogP contribution in [0.1, 0.15) is 17.6 Å². The quantitative estimate of drug-likeness (QED) is 0.366. The molecule has 3 aromatic heterocycles. The first-order valence-corrected chi connectivity index (χ1v) is 10.6. The SMILES string of the molecule is O=C(C1CC(F)(F)C1)n1cc2ccc(-c3ncc(F)c(Nc4ccc5[nH]ncc5c4)n3)cc2c1. The van der Waals surface area contributed by atoms with E-state index in [1.807, 2.05) is 12.1 Å². The zero-order valence-electron chi connectivity index (χ0n) is 17.6. The van der Waals surface area contributed by atoms with E-state index < -0.39 is 30.5 Å². The third-order valence-corrected chi connectivity index (χ3v) is 6.04. The number of rotatable bonds is 4. The van der Waals surface area contributed by atoms with Gasteiger partial charge in [0.15, 0.2) is 17.5 Å². The largest absolute Gasteiger partial charge is 0.338 e. The molecule has 10 heteroatoms. The number of halogens is 3. The number of benzene rings is 2. The maximum Gasteiger partial charge on any atom is 0.249 e. The van der Waals surface area contributed by atoms with Crippen molar-refractivity contribution >= 4 is 39.1 Å². The fraction of sp³-hybridized carbons (Fsp3) is 0.167. The van der Waals surface area contributed by atoms with Gasteiger partial charge in [0.1, 0.15) is 0 Å². The number of fused-ring (bicyclic) bond motifs is 2. The molecular weight excluding hydrogens is 445 g/mol. The summed E-state index contributed by atoms with van der Waals surface area (Å²) in [6.07, 6.45) is 5.17. The Morgan fingerprint density at radius 2 is 1.88 bits per heavy atom. The minimum atomic E-state index is -2.75. The molecule has 3 heterocycles. The highest BCUT2D eigenvalue weighted by atomic mass is 19.3. The van der Waals surface area contributed by atoms with Crippen LogP contribution in [0.5, 0.6) is 0 Å². The topological polar surface area (TPSA) is 88.5 Å². The van der Waals surface area contributed by atoms with Gasteiger partial charge in [-0.05, 0) is 29.7 Å². The number of hydrogen-bond acceptors (Lipinski definition) is 5. The number of nitrogens with one attached hydrogen (secondary N) is 2. The van der Waals surface area contributed by atoms with Gasteiger partial charge in [-0.15, -0.1) is 0 Å². The van der Waals surface area contributed by atoms with Crippen molar-refractivity contribution in [2.24, 2.45) is 5.92 Å². The summed E-state index contributed by atoms with van der Waals surface area (Å²) in [4.78, 5) is 21.0. The number of carbonyl (C=O) groups excluding carboxylic acids is 1. The molecule has 0 aliphatic heterocycles. The minimum Gasteiger partial charge on any atom is -0.338 e. The number of alkyl halides is 2. The number of nitrogens with zero attached hydrogens (tertiary/aromatic N) is 4. The van der Waals surface area contributed by atoms with E-state index in [1.165, 1.54) is 4.57 Å². The molecule has 1 saturated carbocycles. The Balaban J connectivity index is 1.28. The van der Waals surface area contributed by atoms with Crippen molar-refractivity contribution in [1.82, 2.24) is 24.7 Å². The first-order chi connectivity index (χ1) is 16.3. The lowest BCUT2D eigenvalue weighted by atomic mass is 9.81. The molecule has 1 aliphatic rings. The van der Waals surface area contributed by atoms with E-state index in [1.54, 1.807) is 42.9 Å². The van der Waals surface area contributed by atoms with Crippen molar-refractivity contribution in [1.29, 1.82) is 0 Å². The normalized spacial score (nSPS) is 15.5. The van der Waals surface area contributed by atoms with E-state index in [0.717, 1.165) is 27.9 Å². The van der Waals surface area contributed by atoms with Crippen LogP contribution in [0.2, 0.25) is 0 Å². The Bertz CT molecular complexity index is 1570. The molecule has 2 N–H and O–H groups in total. The highest BCUT2D eigenvalue weighted by Gasteiger charge is 2.49. The number of hydrogen-bond donors (Lipinski definition) is 2. The van der Waals surface area contributed by atoms with E-state index in [4.69, 9.17) is 0 Å². The van der Waals surface area contributed by atoms with Gasteiger partial charge in [-0.2, -0.15) is 5.10 Å². The van der Waals surface area contributed by atoms with Gasteiger partial charge in [0.05, 0.1) is 23.8 Å². The second-order valence-electron chi connectivity index (χ2n) is 8.50. The second kappa shape index (κ2) is 7.41. The lowest BCUT2D eigenvalue weighted by molar-refractivity contribution is -0.0999. The Morgan fingerprint density at radius 3 is 2.71 bits per heavy atom. The molecule has 5 aromatic rings. The zero-order chi connectivity index (χ0) is 23.4. The van der Waals surface area contributed by atoms with E-state index in [2.05, 4.69) is 25.5 Å². The van der Waals surface area contributed by atoms with Gasteiger partial charge >= 0.3 is 0 Å². The molecular formula is C24H17F3N6O. The van der Waals surface area contributed by atoms with Crippen molar-refractivity contribution < 1.29 is 18.0 Å². The molecule has 0 atom stereocenters. The summed E-state index contributed by atoms with van der Waals surface area (Å²) in [7, 11) is 0. The lowest BCUT2D eigenvalue weighted by Gasteiger charge is -2.33. The zero-order valence-corrected chi connectivity index (χ0v) is 17.6. The number of H-pyrrole nitrogens is 1. The molecule has 0 bridgehead atoms. The van der Waals surface area contributed by atoms with Crippen LogP contribution in [-0.2, 0) is 0 Å². The first kappa shape index (κ1) is 20.4. The van der Waals surface area contributed by atoms with Crippen molar-refractivity contribution in [2.45, 2.75) is 18.8 Å². The van der Waals surface area contributed by atoms with Gasteiger partial charge in [-0.3, -0.25) is 14.5 Å². The monoisotopic (exact) mass is 462 g/mol. The molecule has 34 heavy (non-hydrogen) atoms. The molecule has 1 aliphatic carbocycles. The molecule has 0 spiro atoms. The van der Waals surface area contributed by atoms with Crippen LogP contribution in [0.15, 0.2) is 61.2 Å². The van der Waals surface area contributed by atoms with E-state index >= 15 is 0 Å². The van der Waals surface area contributed by atoms with Gasteiger partial charge < -0.3 is 5.32 Å². The van der Waals surface area contributed by atoms with Gasteiger partial charge in [-0.1, -0.05) is 12.1 Å². The van der Waals surface area contributed by atoms with Crippen molar-refractivity contribution in [3.05, 3.63) is 67.0 Å². The number of aromatic amines is 1. The van der Waals surface area contributed by atoms with Gasteiger partial charge in [-0.25, -0.2) is 23.1 Å². The van der Waals surface area contributed by atoms with Crippen molar-refractivity contribution in [3.8, 4) is 11.4 Å². The fourth-order valence-electron chi connectivity index (χ4n) is 4.21. The van der Waals surface area contributed by atoms with Gasteiger partial charge in [0.2, 0.25) is 11.8 Å². The highest BCUT2D eigenvalue weighted by Crippen LogP contribution is 2.43. The summed E-state index contributed by atoms with van der Waals surface area (Å²) in [5, 5.41) is 12.2. The third-order valence-electron chi connectivity index (χ3n) is 6.04. The van der Waals surface area contributed by atoms with E-state index in [-0.39, 0.29) is 11.7 Å². The minimum absolute atomic E-state index is 0.0200. The first-order valence-electron chi connectivity index (χ1n) is 10.6. The molecule has 2 aromatic carbocycles. The van der Waals surface area contributed by atoms with Gasteiger partial charge in [0.25, 0.3) is 0 Å². The molecule has 0 radical (unpaired) electrons. The molecule has 1 fully saturated rings. The second-order valence-corrected chi connectivity index (χ2v) is 8.50. The molecule has 7 nitrogen and oxygen atoms in total. The summed E-state index contributed by atoms with van der Waals surface area (Å²) >= 11 is 0. The standard InChI is InChI=1S/C24H17F3N6O/c25-19-10-28-21(31-22(19)30-18-3-4-20-15(6-18)9-29-32-20)13-1-2-14-11-33(12-16(14)5-13)23(34)17-7-24(26,27)8-17/h1-6,9-12,17H,7-8H2,(H,29,32)(H,28,30,31). The Morgan fingerprint density at radius 1 is 1.06 bits per heavy atom. The van der Waals surface area contributed by atoms with Crippen molar-refractivity contribution in [2.75, 3.05) is 5.32 Å². The Kier molecular flexibility index (Phi) is 4.44. The summed E-state index contributed by atoms with van der Waals surface area (Å²) < 4.78 is 42.1.